The molecule has 2 rings (SSSR count). The minimum Gasteiger partial charge on any atom is -0.468 e. The van der Waals surface area contributed by atoms with Crippen LogP contribution >= 0.6 is 11.6 Å². The molecule has 1 aromatic carbocycles. The van der Waals surface area contributed by atoms with Crippen LogP contribution in [0.25, 0.3) is 0 Å². The van der Waals surface area contributed by atoms with Crippen molar-refractivity contribution >= 4 is 29.1 Å². The molecule has 112 valence electrons. The number of hydrogen-bond donors (Lipinski definition) is 0. The van der Waals surface area contributed by atoms with Crippen LogP contribution in [0.2, 0.25) is 5.02 Å². The van der Waals surface area contributed by atoms with Gasteiger partial charge in [-0.3, -0.25) is 14.6 Å². The summed E-state index contributed by atoms with van der Waals surface area (Å²) < 4.78 is 4.74. The van der Waals surface area contributed by atoms with E-state index in [1.165, 1.54) is 7.11 Å². The van der Waals surface area contributed by atoms with Crippen molar-refractivity contribution in [3.05, 3.63) is 34.9 Å². The smallest absolute Gasteiger partial charge is 0.322 e. The van der Waals surface area contributed by atoms with Gasteiger partial charge in [-0.2, -0.15) is 0 Å². The zero-order valence-electron chi connectivity index (χ0n) is 12.3. The maximum absolute atomic E-state index is 12.4. The first-order valence-corrected chi connectivity index (χ1v) is 7.25. The van der Waals surface area contributed by atoms with Gasteiger partial charge in [0.25, 0.3) is 0 Å². The molecule has 1 aliphatic rings. The van der Waals surface area contributed by atoms with Crippen molar-refractivity contribution in [1.29, 1.82) is 0 Å². The van der Waals surface area contributed by atoms with Crippen LogP contribution in [0.4, 0.5) is 0 Å². The van der Waals surface area contributed by atoms with Gasteiger partial charge in [-0.05, 0) is 23.6 Å². The average Bonchev–Trinajstić information content (AvgIpc) is 2.46. The van der Waals surface area contributed by atoms with Gasteiger partial charge in [-0.25, -0.2) is 0 Å². The van der Waals surface area contributed by atoms with Gasteiger partial charge in [0, 0.05) is 17.2 Å². The van der Waals surface area contributed by atoms with Crippen LogP contribution in [0.1, 0.15) is 31.9 Å². The summed E-state index contributed by atoms with van der Waals surface area (Å²) >= 11 is 5.88. The van der Waals surface area contributed by atoms with Crippen molar-refractivity contribution in [3.8, 4) is 0 Å². The van der Waals surface area contributed by atoms with E-state index < -0.39 is 11.9 Å². The number of carbonyl (C=O) groups is 2. The maximum Gasteiger partial charge on any atom is 0.322 e. The van der Waals surface area contributed by atoms with Crippen molar-refractivity contribution in [2.75, 3.05) is 7.11 Å². The molecule has 0 N–H and O–H groups in total. The molecule has 0 saturated carbocycles. The number of methoxy groups -OCH3 is 1. The summed E-state index contributed by atoms with van der Waals surface area (Å²) in [6, 6.07) is 7.02. The maximum atomic E-state index is 12.4. The molecule has 0 bridgehead atoms. The summed E-state index contributed by atoms with van der Waals surface area (Å²) in [5, 5.41) is 0.640. The fourth-order valence-corrected chi connectivity index (χ4v) is 2.63. The second-order valence-electron chi connectivity index (χ2n) is 5.40. The van der Waals surface area contributed by atoms with Crippen molar-refractivity contribution < 1.29 is 14.3 Å². The molecule has 0 saturated heterocycles. The van der Waals surface area contributed by atoms with E-state index in [9.17, 15) is 9.59 Å². The molecule has 2 unspecified atom stereocenters. The summed E-state index contributed by atoms with van der Waals surface area (Å²) in [6.07, 6.45) is 0.206. The zero-order valence-corrected chi connectivity index (χ0v) is 13.1. The Morgan fingerprint density at radius 1 is 1.33 bits per heavy atom. The molecule has 0 amide bonds. The largest absolute Gasteiger partial charge is 0.468 e. The quantitative estimate of drug-likeness (QED) is 0.636. The fraction of sp³-hybridized carbons (Fsp3) is 0.438. The van der Waals surface area contributed by atoms with E-state index in [-0.39, 0.29) is 24.2 Å². The molecule has 5 heteroatoms. The summed E-state index contributed by atoms with van der Waals surface area (Å²) in [7, 11) is 1.29. The molecule has 0 aromatic heterocycles. The number of halogens is 1. The van der Waals surface area contributed by atoms with Gasteiger partial charge in [-0.15, -0.1) is 0 Å². The molecular formula is C16H18ClNO3. The first-order valence-electron chi connectivity index (χ1n) is 6.87. The fourth-order valence-electron chi connectivity index (χ4n) is 2.50. The normalized spacial score (nSPS) is 22.1. The molecule has 1 heterocycles. The Balaban J connectivity index is 2.39. The van der Waals surface area contributed by atoms with Crippen molar-refractivity contribution in [1.82, 2.24) is 0 Å². The van der Waals surface area contributed by atoms with Gasteiger partial charge in [0.1, 0.15) is 0 Å². The lowest BCUT2D eigenvalue weighted by atomic mass is 9.83. The number of ether oxygens (including phenoxy) is 1. The van der Waals surface area contributed by atoms with Crippen molar-refractivity contribution in [2.45, 2.75) is 26.3 Å². The molecule has 21 heavy (non-hydrogen) atoms. The van der Waals surface area contributed by atoms with Gasteiger partial charge in [0.05, 0.1) is 13.2 Å². The van der Waals surface area contributed by atoms with Crippen molar-refractivity contribution in [3.63, 3.8) is 0 Å². The molecule has 1 aliphatic heterocycles. The van der Waals surface area contributed by atoms with Gasteiger partial charge < -0.3 is 4.74 Å². The Bertz CT molecular complexity index is 578. The summed E-state index contributed by atoms with van der Waals surface area (Å²) in [6.45, 7) is 3.85. The van der Waals surface area contributed by atoms with Crippen LogP contribution in [0, 0.1) is 11.8 Å². The number of rotatable bonds is 3. The number of Topliss-reactive ketones (excluding diaryl/α,β-unsaturated/α-hetero) is 1. The monoisotopic (exact) mass is 307 g/mol. The zero-order chi connectivity index (χ0) is 15.6. The highest BCUT2D eigenvalue weighted by atomic mass is 35.5. The third kappa shape index (κ3) is 3.32. The SMILES string of the molecule is COC(=O)C1C(=O)CC(c2ccc(Cl)cc2)N=C1C(C)C. The highest BCUT2D eigenvalue weighted by Gasteiger charge is 2.39. The minimum atomic E-state index is -0.862. The van der Waals surface area contributed by atoms with E-state index in [0.717, 1.165) is 5.56 Å². The van der Waals surface area contributed by atoms with E-state index in [1.807, 2.05) is 26.0 Å². The number of benzene rings is 1. The van der Waals surface area contributed by atoms with Crippen LogP contribution in [0.5, 0.6) is 0 Å². The summed E-state index contributed by atoms with van der Waals surface area (Å²) in [5.74, 6) is -1.52. The lowest BCUT2D eigenvalue weighted by Crippen LogP contribution is -2.39. The molecule has 2 atom stereocenters. The number of nitrogens with zero attached hydrogens (tertiary/aromatic N) is 1. The topological polar surface area (TPSA) is 55.7 Å². The molecule has 4 nitrogen and oxygen atoms in total. The van der Waals surface area contributed by atoms with E-state index in [4.69, 9.17) is 16.3 Å². The molecule has 1 aromatic rings. The number of hydrogen-bond acceptors (Lipinski definition) is 4. The van der Waals surface area contributed by atoms with Gasteiger partial charge >= 0.3 is 5.97 Å². The molecule has 0 fully saturated rings. The Kier molecular flexibility index (Phi) is 4.78. The predicted molar refractivity (Wildman–Crippen MR) is 81.6 cm³/mol. The Hall–Kier alpha value is -1.68. The second kappa shape index (κ2) is 6.39. The summed E-state index contributed by atoms with van der Waals surface area (Å²) in [4.78, 5) is 28.8. The Morgan fingerprint density at radius 3 is 2.48 bits per heavy atom. The van der Waals surface area contributed by atoms with E-state index in [0.29, 0.717) is 10.7 Å². The predicted octanol–water partition coefficient (Wildman–Crippen LogP) is 3.24. The Labute approximate surface area is 129 Å². The molecule has 0 aliphatic carbocycles. The van der Waals surface area contributed by atoms with Crippen LogP contribution in [0.3, 0.4) is 0 Å². The van der Waals surface area contributed by atoms with Crippen LogP contribution in [-0.2, 0) is 14.3 Å². The van der Waals surface area contributed by atoms with E-state index >= 15 is 0 Å². The van der Waals surface area contributed by atoms with E-state index in [2.05, 4.69) is 4.99 Å². The number of esters is 1. The van der Waals surface area contributed by atoms with Gasteiger partial charge in [0.15, 0.2) is 11.7 Å². The van der Waals surface area contributed by atoms with Gasteiger partial charge in [0.2, 0.25) is 0 Å². The lowest BCUT2D eigenvalue weighted by Gasteiger charge is -2.27. The number of ketones is 1. The molecular weight excluding hydrogens is 290 g/mol. The Morgan fingerprint density at radius 2 is 1.95 bits per heavy atom. The van der Waals surface area contributed by atoms with Crippen LogP contribution in [0.15, 0.2) is 29.3 Å². The third-order valence-electron chi connectivity index (χ3n) is 3.60. The van der Waals surface area contributed by atoms with Gasteiger partial charge in [-0.1, -0.05) is 37.6 Å². The molecule has 0 radical (unpaired) electrons. The van der Waals surface area contributed by atoms with E-state index in [1.54, 1.807) is 12.1 Å². The highest BCUT2D eigenvalue weighted by molar-refractivity contribution is 6.30. The first kappa shape index (κ1) is 15.7. The standard InChI is InChI=1S/C16H18ClNO3/c1-9(2)15-14(16(20)21-3)13(19)8-12(18-15)10-4-6-11(17)7-5-10/h4-7,9,12,14H,8H2,1-3H3. The van der Waals surface area contributed by atoms with Crippen LogP contribution < -0.4 is 0 Å². The lowest BCUT2D eigenvalue weighted by molar-refractivity contribution is -0.146. The summed E-state index contributed by atoms with van der Waals surface area (Å²) in [5.41, 5.74) is 1.52. The van der Waals surface area contributed by atoms with Crippen molar-refractivity contribution in [2.24, 2.45) is 16.8 Å². The number of carbonyl (C=O) groups excluding carboxylic acids is 2. The second-order valence-corrected chi connectivity index (χ2v) is 5.84. The highest BCUT2D eigenvalue weighted by Crippen LogP contribution is 2.32. The first-order chi connectivity index (χ1) is 9.93. The third-order valence-corrected chi connectivity index (χ3v) is 3.85. The van der Waals surface area contributed by atoms with Crippen LogP contribution in [-0.4, -0.2) is 24.6 Å². The molecule has 0 spiro atoms. The minimum absolute atomic E-state index is 0.00755. The average molecular weight is 308 g/mol. The number of aliphatic imine (C=N–C) groups is 1.